The van der Waals surface area contributed by atoms with Crippen LogP contribution in [0.5, 0.6) is 0 Å². The highest BCUT2D eigenvalue weighted by Crippen LogP contribution is 2.25. The standard InChI is InChI=1S/C17H17N3O/c1-11-5-3-6-13(9-11)10-16-19-17(21-20-16)14-7-4-8-15(18)12(14)2/h3-9H,10,18H2,1-2H3. The smallest absolute Gasteiger partial charge is 0.258 e. The van der Waals surface area contributed by atoms with E-state index in [1.165, 1.54) is 11.1 Å². The summed E-state index contributed by atoms with van der Waals surface area (Å²) in [5, 5.41) is 4.06. The van der Waals surface area contributed by atoms with Crippen LogP contribution in [0, 0.1) is 13.8 Å². The number of hydrogen-bond donors (Lipinski definition) is 1. The molecule has 4 heteroatoms. The van der Waals surface area contributed by atoms with Crippen molar-refractivity contribution >= 4 is 5.69 Å². The van der Waals surface area contributed by atoms with E-state index in [1.54, 1.807) is 0 Å². The second-order valence-corrected chi connectivity index (χ2v) is 5.20. The highest BCUT2D eigenvalue weighted by atomic mass is 16.5. The van der Waals surface area contributed by atoms with Gasteiger partial charge in [0.05, 0.1) is 0 Å². The number of nitrogen functional groups attached to an aromatic ring is 1. The Morgan fingerprint density at radius 1 is 1.10 bits per heavy atom. The quantitative estimate of drug-likeness (QED) is 0.745. The molecule has 0 unspecified atom stereocenters. The number of rotatable bonds is 3. The minimum absolute atomic E-state index is 0.516. The largest absolute Gasteiger partial charge is 0.398 e. The van der Waals surface area contributed by atoms with Crippen LogP contribution in [-0.2, 0) is 6.42 Å². The second kappa shape index (κ2) is 5.40. The van der Waals surface area contributed by atoms with Gasteiger partial charge in [-0.05, 0) is 37.1 Å². The molecule has 1 aromatic heterocycles. The summed E-state index contributed by atoms with van der Waals surface area (Å²) < 4.78 is 5.37. The van der Waals surface area contributed by atoms with Gasteiger partial charge < -0.3 is 10.3 Å². The summed E-state index contributed by atoms with van der Waals surface area (Å²) in [4.78, 5) is 4.47. The third-order valence-corrected chi connectivity index (χ3v) is 3.52. The molecule has 3 rings (SSSR count). The van der Waals surface area contributed by atoms with Crippen LogP contribution in [0.3, 0.4) is 0 Å². The monoisotopic (exact) mass is 279 g/mol. The highest BCUT2D eigenvalue weighted by Gasteiger charge is 2.12. The Balaban J connectivity index is 1.88. The summed E-state index contributed by atoms with van der Waals surface area (Å²) in [6, 6.07) is 14.0. The molecule has 0 aliphatic heterocycles. The third kappa shape index (κ3) is 2.79. The Hall–Kier alpha value is -2.62. The van der Waals surface area contributed by atoms with Crippen molar-refractivity contribution in [2.24, 2.45) is 0 Å². The second-order valence-electron chi connectivity index (χ2n) is 5.20. The van der Waals surface area contributed by atoms with Crippen LogP contribution >= 0.6 is 0 Å². The van der Waals surface area contributed by atoms with Crippen LogP contribution in [-0.4, -0.2) is 10.1 Å². The lowest BCUT2D eigenvalue weighted by Gasteiger charge is -2.03. The number of nitrogens with zero attached hydrogens (tertiary/aromatic N) is 2. The lowest BCUT2D eigenvalue weighted by molar-refractivity contribution is 0.423. The van der Waals surface area contributed by atoms with Gasteiger partial charge in [-0.3, -0.25) is 0 Å². The van der Waals surface area contributed by atoms with Crippen LogP contribution in [0.15, 0.2) is 47.0 Å². The minimum Gasteiger partial charge on any atom is -0.398 e. The molecule has 4 nitrogen and oxygen atoms in total. The average molecular weight is 279 g/mol. The molecular weight excluding hydrogens is 262 g/mol. The van der Waals surface area contributed by atoms with Crippen molar-refractivity contribution in [1.82, 2.24) is 10.1 Å². The first-order valence-electron chi connectivity index (χ1n) is 6.87. The van der Waals surface area contributed by atoms with Crippen LogP contribution in [0.1, 0.15) is 22.5 Å². The SMILES string of the molecule is Cc1cccc(Cc2noc(-c3cccc(N)c3C)n2)c1. The number of anilines is 1. The first-order chi connectivity index (χ1) is 10.1. The molecule has 0 amide bonds. The lowest BCUT2D eigenvalue weighted by atomic mass is 10.1. The Bertz CT molecular complexity index is 777. The van der Waals surface area contributed by atoms with Crippen molar-refractivity contribution in [3.05, 3.63) is 65.0 Å². The maximum Gasteiger partial charge on any atom is 0.258 e. The fraction of sp³-hybridized carbons (Fsp3) is 0.176. The molecule has 0 fully saturated rings. The molecule has 1 heterocycles. The summed E-state index contributed by atoms with van der Waals surface area (Å²) in [6.07, 6.45) is 0.659. The number of hydrogen-bond acceptors (Lipinski definition) is 4. The van der Waals surface area contributed by atoms with Crippen molar-refractivity contribution in [1.29, 1.82) is 0 Å². The third-order valence-electron chi connectivity index (χ3n) is 3.52. The van der Waals surface area contributed by atoms with Crippen LogP contribution < -0.4 is 5.73 Å². The van der Waals surface area contributed by atoms with Crippen molar-refractivity contribution < 1.29 is 4.52 Å². The molecule has 106 valence electrons. The first kappa shape index (κ1) is 13.4. The molecule has 0 aliphatic rings. The van der Waals surface area contributed by atoms with E-state index in [9.17, 15) is 0 Å². The predicted octanol–water partition coefficient (Wildman–Crippen LogP) is 3.53. The number of benzene rings is 2. The van der Waals surface area contributed by atoms with E-state index in [4.69, 9.17) is 10.3 Å². The topological polar surface area (TPSA) is 64.9 Å². The normalized spacial score (nSPS) is 10.8. The summed E-state index contributed by atoms with van der Waals surface area (Å²) >= 11 is 0. The Morgan fingerprint density at radius 2 is 1.90 bits per heavy atom. The van der Waals surface area contributed by atoms with Crippen LogP contribution in [0.4, 0.5) is 5.69 Å². The van der Waals surface area contributed by atoms with E-state index in [0.717, 1.165) is 16.8 Å². The molecule has 2 aromatic carbocycles. The Kier molecular flexibility index (Phi) is 3.44. The van der Waals surface area contributed by atoms with Crippen molar-refractivity contribution in [2.45, 2.75) is 20.3 Å². The van der Waals surface area contributed by atoms with Gasteiger partial charge in [0.1, 0.15) is 0 Å². The Labute approximate surface area is 123 Å². The van der Waals surface area contributed by atoms with E-state index < -0.39 is 0 Å². The zero-order valence-corrected chi connectivity index (χ0v) is 12.1. The van der Waals surface area contributed by atoms with Gasteiger partial charge in [0.2, 0.25) is 0 Å². The molecule has 3 aromatic rings. The van der Waals surface area contributed by atoms with Gasteiger partial charge in [-0.25, -0.2) is 0 Å². The van der Waals surface area contributed by atoms with E-state index in [-0.39, 0.29) is 0 Å². The number of nitrogens with two attached hydrogens (primary N) is 1. The molecule has 0 saturated heterocycles. The Morgan fingerprint density at radius 3 is 2.71 bits per heavy atom. The van der Waals surface area contributed by atoms with Gasteiger partial charge in [0.15, 0.2) is 5.82 Å². The van der Waals surface area contributed by atoms with Gasteiger partial charge in [-0.15, -0.1) is 0 Å². The van der Waals surface area contributed by atoms with E-state index in [0.29, 0.717) is 18.1 Å². The summed E-state index contributed by atoms with van der Waals surface area (Å²) in [5.74, 6) is 1.19. The van der Waals surface area contributed by atoms with E-state index >= 15 is 0 Å². The zero-order chi connectivity index (χ0) is 14.8. The van der Waals surface area contributed by atoms with E-state index in [2.05, 4.69) is 35.3 Å². The van der Waals surface area contributed by atoms with Crippen molar-refractivity contribution in [2.75, 3.05) is 5.73 Å². The van der Waals surface area contributed by atoms with Crippen molar-refractivity contribution in [3.8, 4) is 11.5 Å². The molecule has 0 spiro atoms. The van der Waals surface area contributed by atoms with Gasteiger partial charge in [-0.2, -0.15) is 4.98 Å². The summed E-state index contributed by atoms with van der Waals surface area (Å²) in [6.45, 7) is 4.02. The molecule has 0 radical (unpaired) electrons. The molecule has 0 atom stereocenters. The van der Waals surface area contributed by atoms with Crippen LogP contribution in [0.25, 0.3) is 11.5 Å². The van der Waals surface area contributed by atoms with Gasteiger partial charge in [-0.1, -0.05) is 41.1 Å². The number of aromatic nitrogens is 2. The fourth-order valence-corrected chi connectivity index (χ4v) is 2.33. The fourth-order valence-electron chi connectivity index (χ4n) is 2.33. The molecule has 0 aliphatic carbocycles. The molecule has 21 heavy (non-hydrogen) atoms. The van der Waals surface area contributed by atoms with Crippen LogP contribution in [0.2, 0.25) is 0 Å². The zero-order valence-electron chi connectivity index (χ0n) is 12.1. The first-order valence-corrected chi connectivity index (χ1v) is 6.87. The van der Waals surface area contributed by atoms with Crippen molar-refractivity contribution in [3.63, 3.8) is 0 Å². The molecule has 0 saturated carbocycles. The average Bonchev–Trinajstić information content (AvgIpc) is 2.90. The summed E-state index contributed by atoms with van der Waals surface area (Å²) in [5.41, 5.74) is 10.9. The van der Waals surface area contributed by atoms with Gasteiger partial charge >= 0.3 is 0 Å². The number of aryl methyl sites for hydroxylation is 1. The summed E-state index contributed by atoms with van der Waals surface area (Å²) in [7, 11) is 0. The predicted molar refractivity (Wildman–Crippen MR) is 82.9 cm³/mol. The highest BCUT2D eigenvalue weighted by molar-refractivity contribution is 5.66. The maximum atomic E-state index is 5.92. The maximum absolute atomic E-state index is 5.92. The molecular formula is C17H17N3O. The van der Waals surface area contributed by atoms with Gasteiger partial charge in [0, 0.05) is 17.7 Å². The van der Waals surface area contributed by atoms with Gasteiger partial charge in [0.25, 0.3) is 5.89 Å². The lowest BCUT2D eigenvalue weighted by Crippen LogP contribution is -1.93. The minimum atomic E-state index is 0.516. The van der Waals surface area contributed by atoms with E-state index in [1.807, 2.05) is 31.2 Å². The molecule has 2 N–H and O–H groups in total. The molecule has 0 bridgehead atoms.